The Morgan fingerprint density at radius 1 is 0.435 bits per heavy atom. The molecule has 0 aromatic heterocycles. The van der Waals surface area contributed by atoms with Gasteiger partial charge in [0.2, 0.25) is 5.91 Å². The Hall–Kier alpha value is -4.20. The van der Waals surface area contributed by atoms with Crippen molar-refractivity contribution in [1.82, 2.24) is 5.32 Å². The molecule has 8 unspecified atom stereocenters. The van der Waals surface area contributed by atoms with E-state index >= 15 is 0 Å². The molecule has 1 aliphatic rings. The van der Waals surface area contributed by atoms with E-state index in [2.05, 4.69) is 148 Å². The zero-order valence-corrected chi connectivity index (χ0v) is 58.6. The number of rotatable bonds is 63. The summed E-state index contributed by atoms with van der Waals surface area (Å²) in [6, 6.07) is -1.04. The molecule has 1 rings (SSSR count). The van der Waals surface area contributed by atoms with Crippen LogP contribution in [0.1, 0.15) is 303 Å². The van der Waals surface area contributed by atoms with E-state index < -0.39 is 67.4 Å². The first-order chi connectivity index (χ1) is 45.2. The van der Waals surface area contributed by atoms with Crippen molar-refractivity contribution >= 4 is 11.9 Å². The van der Waals surface area contributed by atoms with E-state index in [1.54, 1.807) is 6.08 Å². The highest BCUT2D eigenvalue weighted by molar-refractivity contribution is 5.80. The highest BCUT2D eigenvalue weighted by Gasteiger charge is 2.47. The first-order valence-corrected chi connectivity index (χ1v) is 37.5. The summed E-state index contributed by atoms with van der Waals surface area (Å²) >= 11 is 0. The Balaban J connectivity index is 2.57. The Kier molecular flexibility index (Phi) is 62.3. The van der Waals surface area contributed by atoms with Crippen molar-refractivity contribution in [3.63, 3.8) is 0 Å². The molecule has 0 aliphatic carbocycles. The van der Waals surface area contributed by atoms with Crippen LogP contribution >= 0.6 is 0 Å². The molecule has 1 fully saturated rings. The number of aliphatic hydroxyl groups excluding tert-OH is 5. The summed E-state index contributed by atoms with van der Waals surface area (Å²) in [4.78, 5) is 26.7. The van der Waals surface area contributed by atoms with Crippen LogP contribution < -0.4 is 5.32 Å². The van der Waals surface area contributed by atoms with E-state index in [0.717, 1.165) is 141 Å². The Morgan fingerprint density at radius 2 is 0.783 bits per heavy atom. The van der Waals surface area contributed by atoms with Crippen molar-refractivity contribution < 1.29 is 49.3 Å². The highest BCUT2D eigenvalue weighted by atomic mass is 16.7. The zero-order chi connectivity index (χ0) is 66.7. The van der Waals surface area contributed by atoms with Crippen LogP contribution in [0.15, 0.2) is 134 Å². The molecule has 0 saturated carbocycles. The molecule has 0 bridgehead atoms. The number of carbonyl (C=O) groups excluding carboxylic acids is 2. The summed E-state index contributed by atoms with van der Waals surface area (Å²) in [5.74, 6) is -1.22. The maximum absolute atomic E-state index is 13.5. The molecule has 8 atom stereocenters. The molecule has 0 spiro atoms. The second-order valence-electron chi connectivity index (χ2n) is 25.3. The van der Waals surface area contributed by atoms with Crippen LogP contribution in [-0.4, -0.2) is 99.6 Å². The largest absolute Gasteiger partial charge is 0.454 e. The lowest BCUT2D eigenvalue weighted by Gasteiger charge is -2.41. The number of ether oxygens (including phenoxy) is 3. The standard InChI is InChI=1S/C81H137NO10/c1-4-7-10-13-16-19-22-25-27-29-31-33-35-37-39-40-42-44-46-48-50-53-56-59-62-65-68-74(85)80(89)82-72(73(84)67-64-61-58-55-52-24-21-18-15-12-9-6-3)71-90-81-79(78(88)77(87)75(70-83)91-81)92-76(86)69-66-63-60-57-54-51-49-47-45-43-41-38-36-34-32-30-28-26-23-20-17-14-11-8-5-2/h8,11,16-17,19-20,25-28,31-34,37-39,41,45,47,64,67,72-75,77-79,81,83-85,87-88H,4-7,9-10,12-15,18,21-24,29-30,35-36,40,42-44,46,48-63,65-66,68-71H2,1-3H3,(H,82,89)/b11-8-,19-16-,20-17-,27-25-,28-26-,33-31-,34-32-,39-37-,41-38-,47-45-,67-64+. The molecular formula is C81H137NO10. The van der Waals surface area contributed by atoms with Gasteiger partial charge in [-0.2, -0.15) is 0 Å². The molecule has 92 heavy (non-hydrogen) atoms. The minimum absolute atomic E-state index is 0.0990. The maximum Gasteiger partial charge on any atom is 0.306 e. The van der Waals surface area contributed by atoms with Crippen molar-refractivity contribution in [1.29, 1.82) is 0 Å². The molecule has 11 nitrogen and oxygen atoms in total. The van der Waals surface area contributed by atoms with Crippen molar-refractivity contribution in [2.24, 2.45) is 0 Å². The number of hydrogen-bond acceptors (Lipinski definition) is 10. The number of unbranched alkanes of at least 4 members (excludes halogenated alkanes) is 29. The summed E-state index contributed by atoms with van der Waals surface area (Å²) in [5.41, 5.74) is 0. The predicted octanol–water partition coefficient (Wildman–Crippen LogP) is 19.9. The van der Waals surface area contributed by atoms with Gasteiger partial charge in [-0.1, -0.05) is 309 Å². The number of aliphatic hydroxyl groups is 5. The molecule has 6 N–H and O–H groups in total. The predicted molar refractivity (Wildman–Crippen MR) is 388 cm³/mol. The summed E-state index contributed by atoms with van der Waals surface area (Å²) < 4.78 is 17.7. The van der Waals surface area contributed by atoms with Gasteiger partial charge in [0.15, 0.2) is 12.4 Å². The molecule has 0 aromatic rings. The molecule has 0 radical (unpaired) electrons. The third kappa shape index (κ3) is 53.1. The van der Waals surface area contributed by atoms with Gasteiger partial charge in [-0.3, -0.25) is 9.59 Å². The third-order valence-corrected chi connectivity index (χ3v) is 16.8. The van der Waals surface area contributed by atoms with Crippen LogP contribution in [0.4, 0.5) is 0 Å². The Labute approximate surface area is 563 Å². The topological polar surface area (TPSA) is 175 Å². The Morgan fingerprint density at radius 3 is 1.20 bits per heavy atom. The minimum Gasteiger partial charge on any atom is -0.454 e. The fourth-order valence-electron chi connectivity index (χ4n) is 10.9. The van der Waals surface area contributed by atoms with Gasteiger partial charge in [-0.25, -0.2) is 0 Å². The van der Waals surface area contributed by atoms with E-state index in [0.29, 0.717) is 12.8 Å². The molecule has 1 aliphatic heterocycles. The van der Waals surface area contributed by atoms with Gasteiger partial charge in [-0.15, -0.1) is 0 Å². The van der Waals surface area contributed by atoms with Gasteiger partial charge in [-0.05, 0) is 122 Å². The summed E-state index contributed by atoms with van der Waals surface area (Å²) in [7, 11) is 0. The molecule has 0 aromatic carbocycles. The Bertz CT molecular complexity index is 2010. The van der Waals surface area contributed by atoms with Gasteiger partial charge in [0.25, 0.3) is 0 Å². The summed E-state index contributed by atoms with van der Waals surface area (Å²) in [5, 5.41) is 57.3. The number of carbonyl (C=O) groups is 2. The fourth-order valence-corrected chi connectivity index (χ4v) is 10.9. The molecule has 11 heteroatoms. The smallest absolute Gasteiger partial charge is 0.306 e. The number of nitrogens with one attached hydrogen (secondary N) is 1. The highest BCUT2D eigenvalue weighted by Crippen LogP contribution is 2.26. The van der Waals surface area contributed by atoms with Crippen LogP contribution in [0, 0.1) is 0 Å². The number of amides is 1. The average molecular weight is 1280 g/mol. The SMILES string of the molecule is CC/C=C\C/C=C\C/C=C\C/C=C\C/C=C\C/C=C\CCCCCCCCC(=O)OC1C(OCC(NC(=O)C(O)CCCCCCCCCCCC/C=C\C/C=C\C/C=C\C/C=C\CCCCC)C(O)/C=C/CCCCCCCCCCCC)OC(CO)C(O)C1O. The number of hydrogen-bond donors (Lipinski definition) is 6. The first-order valence-electron chi connectivity index (χ1n) is 37.5. The second kappa shape index (κ2) is 66.8. The normalized spacial score (nSPS) is 18.7. The van der Waals surface area contributed by atoms with E-state index in [1.165, 1.54) is 116 Å². The maximum atomic E-state index is 13.5. The van der Waals surface area contributed by atoms with Crippen LogP contribution in [0.2, 0.25) is 0 Å². The van der Waals surface area contributed by atoms with E-state index in [1.807, 2.05) is 6.08 Å². The molecule has 1 amide bonds. The van der Waals surface area contributed by atoms with Crippen molar-refractivity contribution in [3.8, 4) is 0 Å². The quantitative estimate of drug-likeness (QED) is 0.0195. The fraction of sp³-hybridized carbons (Fsp3) is 0.704. The van der Waals surface area contributed by atoms with Gasteiger partial charge in [0, 0.05) is 6.42 Å². The molecule has 1 heterocycles. The first kappa shape index (κ1) is 85.8. The van der Waals surface area contributed by atoms with Gasteiger partial charge in [0.05, 0.1) is 25.4 Å². The zero-order valence-electron chi connectivity index (χ0n) is 58.6. The molecular weight excluding hydrogens is 1150 g/mol. The monoisotopic (exact) mass is 1280 g/mol. The third-order valence-electron chi connectivity index (χ3n) is 16.8. The van der Waals surface area contributed by atoms with Crippen LogP contribution in [0.25, 0.3) is 0 Å². The number of allylic oxidation sites excluding steroid dienone is 21. The van der Waals surface area contributed by atoms with Gasteiger partial charge < -0.3 is 45.1 Å². The molecule has 526 valence electrons. The lowest BCUT2D eigenvalue weighted by molar-refractivity contribution is -0.305. The van der Waals surface area contributed by atoms with Crippen LogP contribution in [0.3, 0.4) is 0 Å². The van der Waals surface area contributed by atoms with E-state index in [9.17, 15) is 35.1 Å². The lowest BCUT2D eigenvalue weighted by Crippen LogP contribution is -2.61. The van der Waals surface area contributed by atoms with E-state index in [4.69, 9.17) is 14.2 Å². The van der Waals surface area contributed by atoms with E-state index in [-0.39, 0.29) is 19.4 Å². The number of esters is 1. The summed E-state index contributed by atoms with van der Waals surface area (Å²) in [6.45, 7) is 5.66. The van der Waals surface area contributed by atoms with Crippen molar-refractivity contribution in [2.45, 2.75) is 352 Å². The van der Waals surface area contributed by atoms with Gasteiger partial charge >= 0.3 is 5.97 Å². The van der Waals surface area contributed by atoms with Crippen molar-refractivity contribution in [3.05, 3.63) is 134 Å². The van der Waals surface area contributed by atoms with Crippen LogP contribution in [0.5, 0.6) is 0 Å². The van der Waals surface area contributed by atoms with Crippen LogP contribution in [-0.2, 0) is 23.8 Å². The van der Waals surface area contributed by atoms with Gasteiger partial charge in [0.1, 0.15) is 24.4 Å². The lowest BCUT2D eigenvalue weighted by atomic mass is 9.99. The average Bonchev–Trinajstić information content (AvgIpc) is 0.875. The summed E-state index contributed by atoms with van der Waals surface area (Å²) in [6.07, 6.45) is 84.8. The second-order valence-corrected chi connectivity index (χ2v) is 25.3. The molecule has 1 saturated heterocycles. The minimum atomic E-state index is -1.63. The van der Waals surface area contributed by atoms with Crippen molar-refractivity contribution in [2.75, 3.05) is 13.2 Å².